The van der Waals surface area contributed by atoms with Crippen molar-refractivity contribution in [3.63, 3.8) is 0 Å². The molecule has 5 nitrogen and oxygen atoms in total. The lowest BCUT2D eigenvalue weighted by Crippen LogP contribution is -2.17. The van der Waals surface area contributed by atoms with Crippen LogP contribution in [0.5, 0.6) is 5.75 Å². The van der Waals surface area contributed by atoms with Crippen molar-refractivity contribution in [1.82, 2.24) is 10.4 Å². The maximum Gasteiger partial charge on any atom is 0.283 e. The molecule has 0 unspecified atom stereocenters. The molecule has 6 heteroatoms. The van der Waals surface area contributed by atoms with E-state index in [0.29, 0.717) is 16.1 Å². The van der Waals surface area contributed by atoms with Crippen LogP contribution in [0.3, 0.4) is 0 Å². The Morgan fingerprint density at radius 1 is 1.26 bits per heavy atom. The molecule has 0 saturated heterocycles. The Bertz CT molecular complexity index is 915. The Labute approximate surface area is 137 Å². The number of thiazole rings is 1. The van der Waals surface area contributed by atoms with Gasteiger partial charge < -0.3 is 5.11 Å². The second kappa shape index (κ2) is 6.18. The minimum absolute atomic E-state index is 0.144. The first-order valence-corrected chi connectivity index (χ1v) is 7.86. The Balaban J connectivity index is 1.79. The molecular formula is C17H15N3O2S. The zero-order chi connectivity index (χ0) is 16.4. The van der Waals surface area contributed by atoms with E-state index in [0.717, 1.165) is 15.8 Å². The van der Waals surface area contributed by atoms with Gasteiger partial charge in [-0.25, -0.2) is 10.4 Å². The number of fused-ring (bicyclic) bond motifs is 1. The largest absolute Gasteiger partial charge is 0.507 e. The van der Waals surface area contributed by atoms with Gasteiger partial charge in [-0.1, -0.05) is 30.3 Å². The SMILES string of the molecule is Cc1nc(C)c(C(=O)N/N=C/c2ccc3ccccc3c2O)s1. The Kier molecular flexibility index (Phi) is 4.08. The van der Waals surface area contributed by atoms with E-state index in [2.05, 4.69) is 15.5 Å². The summed E-state index contributed by atoms with van der Waals surface area (Å²) in [5.41, 5.74) is 3.70. The van der Waals surface area contributed by atoms with Crippen LogP contribution in [0, 0.1) is 13.8 Å². The molecule has 0 atom stereocenters. The fourth-order valence-corrected chi connectivity index (χ4v) is 3.14. The number of hydrogen-bond acceptors (Lipinski definition) is 5. The number of carbonyl (C=O) groups is 1. The van der Waals surface area contributed by atoms with Crippen LogP contribution in [0.1, 0.15) is 25.9 Å². The molecule has 0 bridgehead atoms. The van der Waals surface area contributed by atoms with Crippen LogP contribution in [0.25, 0.3) is 10.8 Å². The molecule has 0 aliphatic heterocycles. The summed E-state index contributed by atoms with van der Waals surface area (Å²) in [4.78, 5) is 16.8. The smallest absolute Gasteiger partial charge is 0.283 e. The number of hydrazone groups is 1. The van der Waals surface area contributed by atoms with Gasteiger partial charge in [-0.05, 0) is 25.3 Å². The second-order valence-electron chi connectivity index (χ2n) is 5.07. The van der Waals surface area contributed by atoms with E-state index in [4.69, 9.17) is 0 Å². The van der Waals surface area contributed by atoms with Crippen molar-refractivity contribution in [3.8, 4) is 5.75 Å². The van der Waals surface area contributed by atoms with E-state index in [9.17, 15) is 9.90 Å². The van der Waals surface area contributed by atoms with E-state index < -0.39 is 0 Å². The van der Waals surface area contributed by atoms with Gasteiger partial charge in [0, 0.05) is 10.9 Å². The number of nitrogens with zero attached hydrogens (tertiary/aromatic N) is 2. The predicted octanol–water partition coefficient (Wildman–Crippen LogP) is 3.38. The van der Waals surface area contributed by atoms with Gasteiger partial charge in [0.2, 0.25) is 0 Å². The van der Waals surface area contributed by atoms with Crippen molar-refractivity contribution in [1.29, 1.82) is 0 Å². The van der Waals surface area contributed by atoms with Crippen molar-refractivity contribution in [2.75, 3.05) is 0 Å². The molecule has 0 saturated carbocycles. The molecule has 3 aromatic rings. The summed E-state index contributed by atoms with van der Waals surface area (Å²) in [6.07, 6.45) is 1.43. The summed E-state index contributed by atoms with van der Waals surface area (Å²) >= 11 is 1.33. The van der Waals surface area contributed by atoms with E-state index in [1.54, 1.807) is 13.0 Å². The number of phenolic OH excluding ortho intramolecular Hbond substituents is 1. The first-order valence-electron chi connectivity index (χ1n) is 7.04. The standard InChI is InChI=1S/C17H15N3O2S/c1-10-16(23-11(2)19-10)17(22)20-18-9-13-8-7-12-5-3-4-6-14(12)15(13)21/h3-9,21H,1-2H3,(H,20,22)/b18-9+. The molecular weight excluding hydrogens is 310 g/mol. The number of rotatable bonds is 3. The number of aromatic hydroxyl groups is 1. The highest BCUT2D eigenvalue weighted by atomic mass is 32.1. The number of amides is 1. The van der Waals surface area contributed by atoms with Crippen molar-refractivity contribution in [3.05, 3.63) is 57.5 Å². The van der Waals surface area contributed by atoms with Crippen LogP contribution in [0.15, 0.2) is 41.5 Å². The minimum atomic E-state index is -0.301. The third-order valence-corrected chi connectivity index (χ3v) is 4.48. The van der Waals surface area contributed by atoms with Gasteiger partial charge in [-0.2, -0.15) is 5.10 Å². The quantitative estimate of drug-likeness (QED) is 0.572. The maximum absolute atomic E-state index is 12.0. The van der Waals surface area contributed by atoms with Crippen LogP contribution in [-0.4, -0.2) is 22.2 Å². The van der Waals surface area contributed by atoms with Crippen LogP contribution < -0.4 is 5.43 Å². The average molecular weight is 325 g/mol. The normalized spacial score (nSPS) is 11.2. The molecule has 2 N–H and O–H groups in total. The Morgan fingerprint density at radius 3 is 2.78 bits per heavy atom. The lowest BCUT2D eigenvalue weighted by molar-refractivity contribution is 0.0958. The van der Waals surface area contributed by atoms with E-state index >= 15 is 0 Å². The van der Waals surface area contributed by atoms with E-state index in [-0.39, 0.29) is 11.7 Å². The first-order chi connectivity index (χ1) is 11.1. The summed E-state index contributed by atoms with van der Waals surface area (Å²) < 4.78 is 0. The molecule has 1 aromatic heterocycles. The molecule has 0 spiro atoms. The first kappa shape index (κ1) is 15.2. The number of aromatic nitrogens is 1. The summed E-state index contributed by atoms with van der Waals surface area (Å²) in [5, 5.41) is 16.7. The van der Waals surface area contributed by atoms with Gasteiger partial charge in [-0.3, -0.25) is 4.79 Å². The maximum atomic E-state index is 12.0. The van der Waals surface area contributed by atoms with E-state index in [1.807, 2.05) is 37.3 Å². The molecule has 1 amide bonds. The molecule has 116 valence electrons. The fourth-order valence-electron chi connectivity index (χ4n) is 2.33. The lowest BCUT2D eigenvalue weighted by atomic mass is 10.1. The number of benzene rings is 2. The van der Waals surface area contributed by atoms with Gasteiger partial charge in [0.15, 0.2) is 0 Å². The molecule has 0 radical (unpaired) electrons. The number of aryl methyl sites for hydroxylation is 2. The van der Waals surface area contributed by atoms with Crippen molar-refractivity contribution in [2.45, 2.75) is 13.8 Å². The van der Waals surface area contributed by atoms with Crippen molar-refractivity contribution < 1.29 is 9.90 Å². The Morgan fingerprint density at radius 2 is 2.04 bits per heavy atom. The highest BCUT2D eigenvalue weighted by Gasteiger charge is 2.12. The van der Waals surface area contributed by atoms with Crippen molar-refractivity contribution in [2.24, 2.45) is 5.10 Å². The average Bonchev–Trinajstić information content (AvgIpc) is 2.88. The number of phenols is 1. The fraction of sp³-hybridized carbons (Fsp3) is 0.118. The molecule has 0 fully saturated rings. The third kappa shape index (κ3) is 3.07. The molecule has 23 heavy (non-hydrogen) atoms. The molecule has 0 aliphatic carbocycles. The van der Waals surface area contributed by atoms with Crippen molar-refractivity contribution >= 4 is 34.2 Å². The topological polar surface area (TPSA) is 74.6 Å². The van der Waals surface area contributed by atoms with Gasteiger partial charge in [0.1, 0.15) is 10.6 Å². The zero-order valence-electron chi connectivity index (χ0n) is 12.7. The summed E-state index contributed by atoms with van der Waals surface area (Å²) in [5.74, 6) is -0.157. The van der Waals surface area contributed by atoms with Crippen LogP contribution in [0.2, 0.25) is 0 Å². The lowest BCUT2D eigenvalue weighted by Gasteiger charge is -2.04. The van der Waals surface area contributed by atoms with Crippen LogP contribution in [-0.2, 0) is 0 Å². The monoisotopic (exact) mass is 325 g/mol. The predicted molar refractivity (Wildman–Crippen MR) is 92.3 cm³/mol. The summed E-state index contributed by atoms with van der Waals surface area (Å²) in [6.45, 7) is 3.64. The minimum Gasteiger partial charge on any atom is -0.507 e. The number of nitrogens with one attached hydrogen (secondary N) is 1. The highest BCUT2D eigenvalue weighted by molar-refractivity contribution is 7.13. The van der Waals surface area contributed by atoms with E-state index in [1.165, 1.54) is 17.6 Å². The number of hydrogen-bond donors (Lipinski definition) is 2. The van der Waals surface area contributed by atoms with Gasteiger partial charge >= 0.3 is 0 Å². The zero-order valence-corrected chi connectivity index (χ0v) is 13.5. The summed E-state index contributed by atoms with van der Waals surface area (Å²) in [6, 6.07) is 11.2. The third-order valence-electron chi connectivity index (χ3n) is 3.41. The highest BCUT2D eigenvalue weighted by Crippen LogP contribution is 2.27. The molecule has 3 rings (SSSR count). The molecule has 0 aliphatic rings. The van der Waals surface area contributed by atoms with Crippen LogP contribution in [0.4, 0.5) is 0 Å². The molecule has 2 aromatic carbocycles. The molecule has 1 heterocycles. The second-order valence-corrected chi connectivity index (χ2v) is 6.27. The van der Waals surface area contributed by atoms with Gasteiger partial charge in [0.25, 0.3) is 5.91 Å². The summed E-state index contributed by atoms with van der Waals surface area (Å²) in [7, 11) is 0. The van der Waals surface area contributed by atoms with Gasteiger partial charge in [0.05, 0.1) is 16.9 Å². The van der Waals surface area contributed by atoms with Crippen LogP contribution >= 0.6 is 11.3 Å². The van der Waals surface area contributed by atoms with Gasteiger partial charge in [-0.15, -0.1) is 11.3 Å². The Hall–Kier alpha value is -2.73. The number of carbonyl (C=O) groups excluding carboxylic acids is 1.